The minimum absolute atomic E-state index is 0.119. The number of thiazole rings is 1. The van der Waals surface area contributed by atoms with E-state index in [0.717, 1.165) is 16.8 Å². The molecule has 2 heterocycles. The zero-order valence-corrected chi connectivity index (χ0v) is 16.3. The summed E-state index contributed by atoms with van der Waals surface area (Å²) in [6, 6.07) is 5.86. The van der Waals surface area contributed by atoms with E-state index < -0.39 is 0 Å². The Morgan fingerprint density at radius 1 is 1.32 bits per heavy atom. The Hall–Kier alpha value is -2.03. The first kappa shape index (κ1) is 17.8. The summed E-state index contributed by atoms with van der Waals surface area (Å²) in [6.07, 6.45) is 1.68. The highest BCUT2D eigenvalue weighted by molar-refractivity contribution is 8.26. The summed E-state index contributed by atoms with van der Waals surface area (Å²) in [4.78, 5) is 30.5. The summed E-state index contributed by atoms with van der Waals surface area (Å²) in [5.41, 5.74) is 3.67. The molecule has 8 heteroatoms. The van der Waals surface area contributed by atoms with Crippen LogP contribution >= 0.6 is 35.3 Å². The predicted molar refractivity (Wildman–Crippen MR) is 107 cm³/mol. The van der Waals surface area contributed by atoms with E-state index in [-0.39, 0.29) is 11.8 Å². The maximum atomic E-state index is 12.2. The van der Waals surface area contributed by atoms with Gasteiger partial charge in [-0.05, 0) is 43.2 Å². The van der Waals surface area contributed by atoms with Gasteiger partial charge in [0.15, 0.2) is 5.13 Å². The topological polar surface area (TPSA) is 62.3 Å². The number of anilines is 2. The van der Waals surface area contributed by atoms with Crippen molar-refractivity contribution in [2.45, 2.75) is 20.8 Å². The fourth-order valence-electron chi connectivity index (χ4n) is 2.29. The van der Waals surface area contributed by atoms with Crippen LogP contribution in [-0.2, 0) is 9.59 Å². The van der Waals surface area contributed by atoms with Gasteiger partial charge in [-0.2, -0.15) is 0 Å². The van der Waals surface area contributed by atoms with Crippen molar-refractivity contribution in [1.82, 2.24) is 10.3 Å². The molecule has 1 aliphatic heterocycles. The molecule has 1 aromatic heterocycles. The van der Waals surface area contributed by atoms with E-state index in [9.17, 15) is 9.59 Å². The summed E-state index contributed by atoms with van der Waals surface area (Å²) < 4.78 is 0.437. The molecular formula is C17H15N3O2S3. The fraction of sp³-hybridized carbons (Fsp3) is 0.176. The van der Waals surface area contributed by atoms with Crippen molar-refractivity contribution in [1.29, 1.82) is 0 Å². The quantitative estimate of drug-likeness (QED) is 0.636. The number of aromatic nitrogens is 1. The number of aryl methyl sites for hydroxylation is 2. The van der Waals surface area contributed by atoms with Crippen LogP contribution in [0.1, 0.15) is 23.7 Å². The van der Waals surface area contributed by atoms with Crippen LogP contribution in [0, 0.1) is 13.8 Å². The lowest BCUT2D eigenvalue weighted by atomic mass is 10.1. The molecule has 1 fully saturated rings. The first-order chi connectivity index (χ1) is 11.8. The van der Waals surface area contributed by atoms with Gasteiger partial charge >= 0.3 is 0 Å². The normalized spacial score (nSPS) is 15.6. The van der Waals surface area contributed by atoms with Gasteiger partial charge in [-0.3, -0.25) is 14.5 Å². The number of thioether (sulfide) groups is 1. The predicted octanol–water partition coefficient (Wildman–Crippen LogP) is 3.93. The summed E-state index contributed by atoms with van der Waals surface area (Å²) >= 11 is 7.54. The van der Waals surface area contributed by atoms with Crippen molar-refractivity contribution in [3.05, 3.63) is 45.3 Å². The van der Waals surface area contributed by atoms with Crippen molar-refractivity contribution in [3.63, 3.8) is 0 Å². The monoisotopic (exact) mass is 389 g/mol. The number of rotatable bonds is 3. The number of carbonyl (C=O) groups is 2. The second kappa shape index (κ2) is 7.07. The molecule has 5 nitrogen and oxygen atoms in total. The number of thiocarbonyl (C=S) groups is 1. The first-order valence-electron chi connectivity index (χ1n) is 7.43. The Morgan fingerprint density at radius 3 is 2.68 bits per heavy atom. The summed E-state index contributed by atoms with van der Waals surface area (Å²) in [6.45, 7) is 5.54. The van der Waals surface area contributed by atoms with Crippen LogP contribution in [0.3, 0.4) is 0 Å². The second-order valence-electron chi connectivity index (χ2n) is 5.53. The molecule has 1 aromatic carbocycles. The molecule has 1 saturated heterocycles. The Bertz CT molecular complexity index is 918. The molecule has 25 heavy (non-hydrogen) atoms. The standard InChI is InChI=1S/C17H15N3O2S3/c1-9-4-5-13(6-10(9)2)20(11(3)21)16-18-12(8-24-16)7-14-15(22)19-17(23)25-14/h4-8H,1-3H3,(H,19,22,23)/b14-7+. The molecule has 3 rings (SSSR count). The van der Waals surface area contributed by atoms with Crippen molar-refractivity contribution in [2.75, 3.05) is 4.90 Å². The highest BCUT2D eigenvalue weighted by atomic mass is 32.2. The highest BCUT2D eigenvalue weighted by Gasteiger charge is 2.23. The maximum Gasteiger partial charge on any atom is 0.263 e. The van der Waals surface area contributed by atoms with Crippen molar-refractivity contribution in [3.8, 4) is 0 Å². The zero-order chi connectivity index (χ0) is 18.1. The molecule has 0 saturated carbocycles. The smallest absolute Gasteiger partial charge is 0.263 e. The van der Waals surface area contributed by atoms with Crippen molar-refractivity contribution < 1.29 is 9.59 Å². The third-order valence-electron chi connectivity index (χ3n) is 3.69. The number of carbonyl (C=O) groups excluding carboxylic acids is 2. The molecule has 0 aliphatic carbocycles. The van der Waals surface area contributed by atoms with Gasteiger partial charge in [0.1, 0.15) is 4.32 Å². The molecule has 0 atom stereocenters. The minimum Gasteiger partial charge on any atom is -0.307 e. The molecule has 0 bridgehead atoms. The Kier molecular flexibility index (Phi) is 5.03. The minimum atomic E-state index is -0.220. The molecule has 1 N–H and O–H groups in total. The molecule has 2 aromatic rings. The van der Waals surface area contributed by atoms with E-state index in [1.165, 1.54) is 30.0 Å². The average Bonchev–Trinajstić information content (AvgIpc) is 3.10. The number of nitrogens with one attached hydrogen (secondary N) is 1. The van der Waals surface area contributed by atoms with E-state index in [1.54, 1.807) is 11.0 Å². The third kappa shape index (κ3) is 3.81. The van der Waals surface area contributed by atoms with Gasteiger partial charge in [-0.15, -0.1) is 11.3 Å². The number of benzene rings is 1. The van der Waals surface area contributed by atoms with E-state index in [4.69, 9.17) is 12.2 Å². The maximum absolute atomic E-state index is 12.2. The highest BCUT2D eigenvalue weighted by Crippen LogP contribution is 2.32. The number of hydrogen-bond acceptors (Lipinski definition) is 6. The molecule has 0 unspecified atom stereocenters. The van der Waals surface area contributed by atoms with Gasteiger partial charge < -0.3 is 5.32 Å². The molecule has 1 aliphatic rings. The molecule has 128 valence electrons. The molecular weight excluding hydrogens is 374 g/mol. The van der Waals surface area contributed by atoms with Gasteiger partial charge in [0.05, 0.1) is 16.3 Å². The van der Waals surface area contributed by atoms with E-state index in [0.29, 0.717) is 20.1 Å². The van der Waals surface area contributed by atoms with Crippen LogP contribution < -0.4 is 10.2 Å². The van der Waals surface area contributed by atoms with E-state index in [1.807, 2.05) is 37.4 Å². The summed E-state index contributed by atoms with van der Waals surface area (Å²) in [5.74, 6) is -0.340. The molecule has 0 spiro atoms. The summed E-state index contributed by atoms with van der Waals surface area (Å²) in [5, 5.41) is 4.95. The van der Waals surface area contributed by atoms with Crippen LogP contribution in [0.5, 0.6) is 0 Å². The number of nitrogens with zero attached hydrogens (tertiary/aromatic N) is 2. The van der Waals surface area contributed by atoms with Gasteiger partial charge in [-0.1, -0.05) is 30.0 Å². The Labute approximate surface area is 159 Å². The Balaban J connectivity index is 1.94. The zero-order valence-electron chi connectivity index (χ0n) is 13.8. The van der Waals surface area contributed by atoms with E-state index in [2.05, 4.69) is 10.3 Å². The number of hydrogen-bond donors (Lipinski definition) is 1. The van der Waals surface area contributed by atoms with E-state index >= 15 is 0 Å². The van der Waals surface area contributed by atoms with Gasteiger partial charge in [-0.25, -0.2) is 4.98 Å². The van der Waals surface area contributed by atoms with Gasteiger partial charge in [0.25, 0.3) is 5.91 Å². The van der Waals surface area contributed by atoms with Gasteiger partial charge in [0.2, 0.25) is 5.91 Å². The van der Waals surface area contributed by atoms with Crippen LogP contribution in [0.25, 0.3) is 6.08 Å². The third-order valence-corrected chi connectivity index (χ3v) is 5.69. The molecule has 0 radical (unpaired) electrons. The average molecular weight is 390 g/mol. The first-order valence-corrected chi connectivity index (χ1v) is 9.54. The fourth-order valence-corrected chi connectivity index (χ4v) is 4.17. The van der Waals surface area contributed by atoms with Crippen LogP contribution in [0.4, 0.5) is 10.8 Å². The van der Waals surface area contributed by atoms with Crippen molar-refractivity contribution >= 4 is 68.3 Å². The second-order valence-corrected chi connectivity index (χ2v) is 8.09. The lowest BCUT2D eigenvalue weighted by molar-refractivity contribution is -0.116. The van der Waals surface area contributed by atoms with Crippen molar-refractivity contribution in [2.24, 2.45) is 0 Å². The molecule has 2 amide bonds. The van der Waals surface area contributed by atoms with Crippen LogP contribution in [0.15, 0.2) is 28.5 Å². The van der Waals surface area contributed by atoms with Crippen LogP contribution in [0.2, 0.25) is 0 Å². The SMILES string of the molecule is CC(=O)N(c1ccc(C)c(C)c1)c1nc(/C=C2/SC(=S)NC2=O)cs1. The largest absolute Gasteiger partial charge is 0.307 e. The number of amides is 2. The van der Waals surface area contributed by atoms with Gasteiger partial charge in [0, 0.05) is 12.3 Å². The van der Waals surface area contributed by atoms with Crippen LogP contribution in [-0.4, -0.2) is 21.1 Å². The Morgan fingerprint density at radius 2 is 2.08 bits per heavy atom. The summed E-state index contributed by atoms with van der Waals surface area (Å²) in [7, 11) is 0. The lowest BCUT2D eigenvalue weighted by Crippen LogP contribution is -2.22. The lowest BCUT2D eigenvalue weighted by Gasteiger charge is -2.19.